The van der Waals surface area contributed by atoms with Crippen LogP contribution in [0.25, 0.3) is 0 Å². The summed E-state index contributed by atoms with van der Waals surface area (Å²) >= 11 is 1.90. The average Bonchev–Trinajstić information content (AvgIpc) is 2.46. The van der Waals surface area contributed by atoms with Gasteiger partial charge in [0.1, 0.15) is 0 Å². The standard InChI is InChI=1S/C17H21NS/c1-13-6-4-5-7-16(13)12-19-17-10-8-15(9-11-17)14(2)18-3/h4-11,14,18H,12H2,1-3H3. The van der Waals surface area contributed by atoms with E-state index in [1.165, 1.54) is 21.6 Å². The van der Waals surface area contributed by atoms with Crippen molar-refractivity contribution in [3.8, 4) is 0 Å². The van der Waals surface area contributed by atoms with Crippen molar-refractivity contribution < 1.29 is 0 Å². The molecule has 19 heavy (non-hydrogen) atoms. The van der Waals surface area contributed by atoms with Crippen LogP contribution in [0.4, 0.5) is 0 Å². The van der Waals surface area contributed by atoms with Gasteiger partial charge in [-0.25, -0.2) is 0 Å². The quantitative estimate of drug-likeness (QED) is 0.800. The van der Waals surface area contributed by atoms with E-state index >= 15 is 0 Å². The third kappa shape index (κ3) is 3.85. The molecule has 2 aromatic carbocycles. The molecule has 2 heteroatoms. The van der Waals surface area contributed by atoms with Gasteiger partial charge in [0.25, 0.3) is 0 Å². The molecule has 0 aliphatic carbocycles. The Balaban J connectivity index is 1.99. The summed E-state index contributed by atoms with van der Waals surface area (Å²) in [5, 5.41) is 3.26. The van der Waals surface area contributed by atoms with E-state index in [0.29, 0.717) is 6.04 Å². The lowest BCUT2D eigenvalue weighted by Gasteiger charge is -2.11. The monoisotopic (exact) mass is 271 g/mol. The van der Waals surface area contributed by atoms with Crippen LogP contribution in [0.3, 0.4) is 0 Å². The number of hydrogen-bond donors (Lipinski definition) is 1. The van der Waals surface area contributed by atoms with Crippen molar-refractivity contribution in [2.75, 3.05) is 7.05 Å². The van der Waals surface area contributed by atoms with E-state index in [4.69, 9.17) is 0 Å². The minimum Gasteiger partial charge on any atom is -0.313 e. The maximum Gasteiger partial charge on any atom is 0.0289 e. The lowest BCUT2D eigenvalue weighted by molar-refractivity contribution is 0.652. The summed E-state index contributed by atoms with van der Waals surface area (Å²) in [6.45, 7) is 4.35. The molecular formula is C17H21NS. The van der Waals surface area contributed by atoms with Crippen LogP contribution in [0.5, 0.6) is 0 Å². The molecule has 2 rings (SSSR count). The Labute approximate surface area is 120 Å². The number of benzene rings is 2. The molecule has 0 spiro atoms. The first-order chi connectivity index (χ1) is 9.20. The summed E-state index contributed by atoms with van der Waals surface area (Å²) in [6, 6.07) is 17.8. The zero-order valence-electron chi connectivity index (χ0n) is 11.8. The molecule has 0 aliphatic rings. The highest BCUT2D eigenvalue weighted by Gasteiger charge is 2.03. The molecule has 0 heterocycles. The minimum atomic E-state index is 0.412. The lowest BCUT2D eigenvalue weighted by Crippen LogP contribution is -2.11. The van der Waals surface area contributed by atoms with E-state index in [2.05, 4.69) is 67.7 Å². The van der Waals surface area contributed by atoms with Crippen molar-refractivity contribution in [3.05, 3.63) is 65.2 Å². The molecule has 1 atom stereocenters. The summed E-state index contributed by atoms with van der Waals surface area (Å²) < 4.78 is 0. The molecule has 0 bridgehead atoms. The van der Waals surface area contributed by atoms with Crippen LogP contribution in [0.1, 0.15) is 29.7 Å². The van der Waals surface area contributed by atoms with Crippen molar-refractivity contribution in [2.45, 2.75) is 30.5 Å². The van der Waals surface area contributed by atoms with Gasteiger partial charge in [-0.15, -0.1) is 11.8 Å². The summed E-state index contributed by atoms with van der Waals surface area (Å²) in [5.74, 6) is 1.04. The third-order valence-electron chi connectivity index (χ3n) is 3.47. The molecule has 0 saturated heterocycles. The van der Waals surface area contributed by atoms with E-state index in [9.17, 15) is 0 Å². The van der Waals surface area contributed by atoms with Crippen LogP contribution in [0.2, 0.25) is 0 Å². The van der Waals surface area contributed by atoms with E-state index < -0.39 is 0 Å². The van der Waals surface area contributed by atoms with Crippen LogP contribution in [-0.4, -0.2) is 7.05 Å². The predicted molar refractivity (Wildman–Crippen MR) is 84.7 cm³/mol. The second kappa shape index (κ2) is 6.78. The van der Waals surface area contributed by atoms with Gasteiger partial charge >= 0.3 is 0 Å². The fraction of sp³-hybridized carbons (Fsp3) is 0.294. The van der Waals surface area contributed by atoms with Gasteiger partial charge in [0.05, 0.1) is 0 Å². The fourth-order valence-electron chi connectivity index (χ4n) is 1.95. The normalized spacial score (nSPS) is 12.4. The highest BCUT2D eigenvalue weighted by molar-refractivity contribution is 7.98. The molecule has 0 saturated carbocycles. The third-order valence-corrected chi connectivity index (χ3v) is 4.53. The van der Waals surface area contributed by atoms with Crippen LogP contribution in [0.15, 0.2) is 53.4 Å². The maximum absolute atomic E-state index is 3.26. The number of thioether (sulfide) groups is 1. The Bertz CT molecular complexity index is 519. The van der Waals surface area contributed by atoms with Gasteiger partial charge in [0, 0.05) is 16.7 Å². The van der Waals surface area contributed by atoms with Crippen molar-refractivity contribution >= 4 is 11.8 Å². The zero-order chi connectivity index (χ0) is 13.7. The first kappa shape index (κ1) is 14.2. The smallest absolute Gasteiger partial charge is 0.0289 e. The van der Waals surface area contributed by atoms with Crippen LogP contribution < -0.4 is 5.32 Å². The van der Waals surface area contributed by atoms with Crippen LogP contribution >= 0.6 is 11.8 Å². The minimum absolute atomic E-state index is 0.412. The van der Waals surface area contributed by atoms with Gasteiger partial charge in [0.2, 0.25) is 0 Å². The highest BCUT2D eigenvalue weighted by atomic mass is 32.2. The van der Waals surface area contributed by atoms with Gasteiger partial charge in [-0.05, 0) is 49.7 Å². The SMILES string of the molecule is CNC(C)c1ccc(SCc2ccccc2C)cc1. The molecule has 100 valence electrons. The maximum atomic E-state index is 3.26. The topological polar surface area (TPSA) is 12.0 Å². The van der Waals surface area contributed by atoms with Gasteiger partial charge < -0.3 is 5.32 Å². The largest absolute Gasteiger partial charge is 0.313 e. The van der Waals surface area contributed by atoms with Crippen LogP contribution in [0, 0.1) is 6.92 Å². The van der Waals surface area contributed by atoms with E-state index in [-0.39, 0.29) is 0 Å². The molecule has 0 fully saturated rings. The Kier molecular flexibility index (Phi) is 5.06. The fourth-order valence-corrected chi connectivity index (χ4v) is 2.93. The Morgan fingerprint density at radius 3 is 2.37 bits per heavy atom. The van der Waals surface area contributed by atoms with Gasteiger partial charge in [-0.1, -0.05) is 36.4 Å². The summed E-state index contributed by atoms with van der Waals surface area (Å²) in [6.07, 6.45) is 0. The summed E-state index contributed by atoms with van der Waals surface area (Å²) in [4.78, 5) is 1.33. The Morgan fingerprint density at radius 1 is 1.05 bits per heavy atom. The van der Waals surface area contributed by atoms with Gasteiger partial charge in [-0.3, -0.25) is 0 Å². The second-order valence-corrected chi connectivity index (χ2v) is 5.84. The number of rotatable bonds is 5. The molecule has 0 aromatic heterocycles. The lowest BCUT2D eigenvalue weighted by atomic mass is 10.1. The Morgan fingerprint density at radius 2 is 1.74 bits per heavy atom. The first-order valence-corrected chi connectivity index (χ1v) is 7.64. The molecule has 1 N–H and O–H groups in total. The van der Waals surface area contributed by atoms with E-state index in [1.807, 2.05) is 18.8 Å². The molecule has 1 unspecified atom stereocenters. The van der Waals surface area contributed by atoms with E-state index in [1.54, 1.807) is 0 Å². The first-order valence-electron chi connectivity index (χ1n) is 6.65. The summed E-state index contributed by atoms with van der Waals surface area (Å²) in [7, 11) is 1.99. The average molecular weight is 271 g/mol. The molecular weight excluding hydrogens is 250 g/mol. The van der Waals surface area contributed by atoms with Gasteiger partial charge in [-0.2, -0.15) is 0 Å². The van der Waals surface area contributed by atoms with E-state index in [0.717, 1.165) is 5.75 Å². The molecule has 0 radical (unpaired) electrons. The summed E-state index contributed by atoms with van der Waals surface area (Å²) in [5.41, 5.74) is 4.12. The molecule has 0 amide bonds. The van der Waals surface area contributed by atoms with Crippen molar-refractivity contribution in [3.63, 3.8) is 0 Å². The van der Waals surface area contributed by atoms with Crippen molar-refractivity contribution in [2.24, 2.45) is 0 Å². The number of nitrogens with one attached hydrogen (secondary N) is 1. The number of hydrogen-bond acceptors (Lipinski definition) is 2. The van der Waals surface area contributed by atoms with Crippen molar-refractivity contribution in [1.82, 2.24) is 5.32 Å². The number of aryl methyl sites for hydroxylation is 1. The highest BCUT2D eigenvalue weighted by Crippen LogP contribution is 2.25. The molecule has 2 aromatic rings. The zero-order valence-corrected chi connectivity index (χ0v) is 12.6. The molecule has 1 nitrogen and oxygen atoms in total. The van der Waals surface area contributed by atoms with Gasteiger partial charge in [0.15, 0.2) is 0 Å². The molecule has 0 aliphatic heterocycles. The van der Waals surface area contributed by atoms with Crippen LogP contribution in [-0.2, 0) is 5.75 Å². The van der Waals surface area contributed by atoms with Crippen molar-refractivity contribution in [1.29, 1.82) is 0 Å². The Hall–Kier alpha value is -1.25. The second-order valence-electron chi connectivity index (χ2n) is 4.79. The predicted octanol–water partition coefficient (Wildman–Crippen LogP) is 4.57.